The van der Waals surface area contributed by atoms with Crippen molar-refractivity contribution in [3.63, 3.8) is 0 Å². The van der Waals surface area contributed by atoms with Crippen molar-refractivity contribution in [3.8, 4) is 0 Å². The first-order valence-electron chi connectivity index (χ1n) is 12.6. The fourth-order valence-electron chi connectivity index (χ4n) is 4.67. The number of ether oxygens (including phenoxy) is 4. The highest BCUT2D eigenvalue weighted by Gasteiger charge is 2.75. The number of carbonyl (C=O) groups excluding carboxylic acids is 4. The lowest BCUT2D eigenvalue weighted by molar-refractivity contribution is -0.222. The van der Waals surface area contributed by atoms with E-state index < -0.39 is 77.9 Å². The van der Waals surface area contributed by atoms with Gasteiger partial charge >= 0.3 is 36.2 Å². The highest BCUT2D eigenvalue weighted by Crippen LogP contribution is 2.63. The molecule has 1 heterocycles. The number of halogens is 6. The second-order valence-corrected chi connectivity index (χ2v) is 10.9. The zero-order valence-corrected chi connectivity index (χ0v) is 22.5. The van der Waals surface area contributed by atoms with Gasteiger partial charge in [0, 0.05) is 11.8 Å². The van der Waals surface area contributed by atoms with Gasteiger partial charge in [0.1, 0.15) is 12.2 Å². The fraction of sp³-hybridized carbons (Fsp3) is 0.840. The Kier molecular flexibility index (Phi) is 9.65. The van der Waals surface area contributed by atoms with Crippen molar-refractivity contribution >= 4 is 23.9 Å². The third-order valence-electron chi connectivity index (χ3n) is 7.75. The molecule has 1 saturated heterocycles. The predicted molar refractivity (Wildman–Crippen MR) is 121 cm³/mol. The molecule has 3 rings (SSSR count). The summed E-state index contributed by atoms with van der Waals surface area (Å²) in [6.07, 6.45) is -11.5. The molecule has 0 amide bonds. The molecule has 2 bridgehead atoms. The average Bonchev–Trinajstić information content (AvgIpc) is 3.43. The van der Waals surface area contributed by atoms with Crippen LogP contribution < -0.4 is 0 Å². The molecular formula is C25H34F6O8. The van der Waals surface area contributed by atoms with Crippen LogP contribution in [0, 0.1) is 28.6 Å². The normalized spacial score (nSPS) is 29.1. The molecule has 14 heteroatoms. The van der Waals surface area contributed by atoms with Crippen molar-refractivity contribution in [3.05, 3.63) is 0 Å². The van der Waals surface area contributed by atoms with Crippen molar-refractivity contribution < 1.29 is 64.5 Å². The maximum Gasteiger partial charge on any atom is 0.425 e. The summed E-state index contributed by atoms with van der Waals surface area (Å²) in [7, 11) is 0. The Hall–Kier alpha value is -2.54. The summed E-state index contributed by atoms with van der Waals surface area (Å²) in [5.74, 6) is -4.54. The van der Waals surface area contributed by atoms with Gasteiger partial charge in [0.15, 0.2) is 18.1 Å². The first-order valence-corrected chi connectivity index (χ1v) is 12.6. The van der Waals surface area contributed by atoms with Gasteiger partial charge < -0.3 is 18.9 Å². The molecule has 7 atom stereocenters. The molecule has 1 aliphatic heterocycles. The first kappa shape index (κ1) is 32.7. The minimum atomic E-state index is -4.71. The highest BCUT2D eigenvalue weighted by molar-refractivity contribution is 6.03. The van der Waals surface area contributed by atoms with E-state index in [1.807, 2.05) is 6.92 Å². The zero-order chi connectivity index (χ0) is 30.1. The lowest BCUT2D eigenvalue weighted by atomic mass is 9.73. The van der Waals surface area contributed by atoms with E-state index >= 15 is 0 Å². The molecule has 7 unspecified atom stereocenters. The van der Waals surface area contributed by atoms with Crippen LogP contribution in [0.2, 0.25) is 0 Å². The molecule has 2 aliphatic carbocycles. The van der Waals surface area contributed by atoms with Crippen LogP contribution in [0.25, 0.3) is 0 Å². The summed E-state index contributed by atoms with van der Waals surface area (Å²) >= 11 is 0. The smallest absolute Gasteiger partial charge is 0.425 e. The summed E-state index contributed by atoms with van der Waals surface area (Å²) < 4.78 is 92.3. The van der Waals surface area contributed by atoms with Crippen LogP contribution in [-0.2, 0) is 38.1 Å². The SMILES string of the molecule is CCC(C)(C)C(=O)OCC(F)(F)F.CCC(C)C(=O)OC1C2CC3C1OC(=O)C3(C(=O)OC(C)C(F)(F)F)C2. The Labute approximate surface area is 222 Å². The summed E-state index contributed by atoms with van der Waals surface area (Å²) in [6.45, 7) is 7.58. The zero-order valence-electron chi connectivity index (χ0n) is 22.5. The molecule has 0 spiro atoms. The molecule has 0 N–H and O–H groups in total. The molecular weight excluding hydrogens is 542 g/mol. The van der Waals surface area contributed by atoms with E-state index in [1.165, 1.54) is 0 Å². The van der Waals surface area contributed by atoms with Gasteiger partial charge in [-0.3, -0.25) is 19.2 Å². The molecule has 0 aromatic rings. The third-order valence-corrected chi connectivity index (χ3v) is 7.75. The molecule has 0 aromatic carbocycles. The second-order valence-electron chi connectivity index (χ2n) is 10.9. The number of carbonyl (C=O) groups is 4. The summed E-state index contributed by atoms with van der Waals surface area (Å²) in [5, 5.41) is 0. The standard InChI is InChI=1S/C17H21F3O6.C8H13F3O2/c1-4-7(2)13(21)25-11-9-5-10-12(11)26-15(23)16(10,6-9)14(22)24-8(3)17(18,19)20;1-4-7(2,3)6(12)13-5-8(9,10)11/h7-12H,4-6H2,1-3H3;4-5H2,1-3H3. The van der Waals surface area contributed by atoms with Crippen LogP contribution >= 0.6 is 0 Å². The summed E-state index contributed by atoms with van der Waals surface area (Å²) in [6, 6.07) is 0. The molecule has 39 heavy (non-hydrogen) atoms. The minimum Gasteiger partial charge on any atom is -0.458 e. The van der Waals surface area contributed by atoms with E-state index in [1.54, 1.807) is 27.7 Å². The van der Waals surface area contributed by atoms with Crippen molar-refractivity contribution in [2.75, 3.05) is 6.61 Å². The second kappa shape index (κ2) is 11.5. The van der Waals surface area contributed by atoms with Crippen molar-refractivity contribution in [1.82, 2.24) is 0 Å². The third kappa shape index (κ3) is 6.97. The van der Waals surface area contributed by atoms with Crippen LogP contribution in [0.5, 0.6) is 0 Å². The predicted octanol–water partition coefficient (Wildman–Crippen LogP) is 4.92. The van der Waals surface area contributed by atoms with Gasteiger partial charge in [0.2, 0.25) is 0 Å². The van der Waals surface area contributed by atoms with E-state index in [9.17, 15) is 45.5 Å². The molecule has 2 saturated carbocycles. The average molecular weight is 577 g/mol. The van der Waals surface area contributed by atoms with Crippen LogP contribution in [0.3, 0.4) is 0 Å². The van der Waals surface area contributed by atoms with Crippen molar-refractivity contribution in [2.24, 2.45) is 28.6 Å². The van der Waals surface area contributed by atoms with Gasteiger partial charge in [0.05, 0.1) is 11.3 Å². The largest absolute Gasteiger partial charge is 0.458 e. The van der Waals surface area contributed by atoms with Gasteiger partial charge in [-0.1, -0.05) is 20.8 Å². The van der Waals surface area contributed by atoms with E-state index in [2.05, 4.69) is 9.47 Å². The Balaban J connectivity index is 0.000000349. The number of hydrogen-bond acceptors (Lipinski definition) is 8. The van der Waals surface area contributed by atoms with Crippen LogP contribution in [0.1, 0.15) is 67.2 Å². The van der Waals surface area contributed by atoms with Crippen LogP contribution in [-0.4, -0.2) is 61.1 Å². The van der Waals surface area contributed by atoms with E-state index in [0.29, 0.717) is 19.3 Å². The van der Waals surface area contributed by atoms with Gasteiger partial charge in [-0.2, -0.15) is 26.3 Å². The van der Waals surface area contributed by atoms with Crippen LogP contribution in [0.15, 0.2) is 0 Å². The number of alkyl halides is 6. The molecule has 8 nitrogen and oxygen atoms in total. The lowest BCUT2D eigenvalue weighted by Crippen LogP contribution is -2.47. The van der Waals surface area contributed by atoms with Crippen molar-refractivity contribution in [2.45, 2.75) is 97.9 Å². The van der Waals surface area contributed by atoms with Gasteiger partial charge in [-0.15, -0.1) is 0 Å². The van der Waals surface area contributed by atoms with E-state index in [-0.39, 0.29) is 18.3 Å². The molecule has 0 aromatic heterocycles. The highest BCUT2D eigenvalue weighted by atomic mass is 19.4. The van der Waals surface area contributed by atoms with Gasteiger partial charge in [0.25, 0.3) is 0 Å². The Morgan fingerprint density at radius 2 is 1.67 bits per heavy atom. The molecule has 3 aliphatic rings. The topological polar surface area (TPSA) is 105 Å². The molecule has 3 fully saturated rings. The summed E-state index contributed by atoms with van der Waals surface area (Å²) in [5.41, 5.74) is -2.56. The summed E-state index contributed by atoms with van der Waals surface area (Å²) in [4.78, 5) is 47.9. The lowest BCUT2D eigenvalue weighted by Gasteiger charge is -2.31. The van der Waals surface area contributed by atoms with Gasteiger partial charge in [-0.05, 0) is 46.5 Å². The number of rotatable bonds is 8. The maximum absolute atomic E-state index is 12.7. The quantitative estimate of drug-likeness (QED) is 0.174. The number of fused-ring (bicyclic) bond motifs is 1. The maximum atomic E-state index is 12.7. The Morgan fingerprint density at radius 3 is 2.15 bits per heavy atom. The van der Waals surface area contributed by atoms with Crippen molar-refractivity contribution in [1.29, 1.82) is 0 Å². The Bertz CT molecular complexity index is 946. The fourth-order valence-corrected chi connectivity index (χ4v) is 4.67. The Morgan fingerprint density at radius 1 is 1.08 bits per heavy atom. The molecule has 0 radical (unpaired) electrons. The monoisotopic (exact) mass is 576 g/mol. The van der Waals surface area contributed by atoms with E-state index in [4.69, 9.17) is 9.47 Å². The van der Waals surface area contributed by atoms with Crippen LogP contribution in [0.4, 0.5) is 26.3 Å². The van der Waals surface area contributed by atoms with Gasteiger partial charge in [-0.25, -0.2) is 0 Å². The van der Waals surface area contributed by atoms with E-state index in [0.717, 1.165) is 6.92 Å². The number of esters is 4. The number of hydrogen-bond donors (Lipinski definition) is 0. The minimum absolute atomic E-state index is 0.0190. The first-order chi connectivity index (χ1) is 17.7. The molecule has 224 valence electrons.